The molecule has 0 fully saturated rings. The molecule has 0 unspecified atom stereocenters. The fraction of sp³-hybridized carbons (Fsp3) is 0.207. The minimum absolute atomic E-state index is 0.775. The van der Waals surface area contributed by atoms with Gasteiger partial charge in [0.2, 0.25) is 0 Å². The van der Waals surface area contributed by atoms with Crippen molar-refractivity contribution in [1.82, 2.24) is 0 Å². The van der Waals surface area contributed by atoms with Crippen LogP contribution in [0, 0.1) is 11.8 Å². The van der Waals surface area contributed by atoms with E-state index in [-0.39, 0.29) is 0 Å². The molecule has 0 aliphatic carbocycles. The zero-order chi connectivity index (χ0) is 21.3. The topological polar surface area (TPSA) is 20.5 Å². The van der Waals surface area contributed by atoms with Gasteiger partial charge in [-0.3, -0.25) is 0 Å². The van der Waals surface area contributed by atoms with E-state index in [0.29, 0.717) is 0 Å². The SMILES string of the molecule is CCCCCCOc1ccc(C#Cc2ccccc2-c2ccc3[o+]cccc3c2)cc1. The standard InChI is InChI=1S/C29H27O2/c1-2-3-4-7-20-30-27-17-13-23(14-18-27)12-15-24-9-5-6-11-28(24)25-16-19-29-26(22-25)10-8-21-31-29/h5-6,8-11,13-14,16-19,21-22H,2-4,7,20H2,1H3/q+1. The normalized spacial score (nSPS) is 10.5. The van der Waals surface area contributed by atoms with E-state index in [1.807, 2.05) is 48.5 Å². The number of benzene rings is 3. The van der Waals surface area contributed by atoms with Gasteiger partial charge in [0.15, 0.2) is 0 Å². The van der Waals surface area contributed by atoms with Gasteiger partial charge in [0.25, 0.3) is 0 Å². The lowest BCUT2D eigenvalue weighted by atomic mass is 9.98. The van der Waals surface area contributed by atoms with Crippen molar-refractivity contribution in [3.05, 3.63) is 96.3 Å². The van der Waals surface area contributed by atoms with Crippen LogP contribution in [0.2, 0.25) is 0 Å². The molecule has 2 nitrogen and oxygen atoms in total. The van der Waals surface area contributed by atoms with Gasteiger partial charge >= 0.3 is 11.8 Å². The van der Waals surface area contributed by atoms with Gasteiger partial charge in [-0.15, -0.1) is 0 Å². The largest absolute Gasteiger partial charge is 0.494 e. The quantitative estimate of drug-likeness (QED) is 0.177. The lowest BCUT2D eigenvalue weighted by Crippen LogP contribution is -1.96. The van der Waals surface area contributed by atoms with Crippen LogP contribution in [0.3, 0.4) is 0 Å². The highest BCUT2D eigenvalue weighted by Gasteiger charge is 2.08. The lowest BCUT2D eigenvalue weighted by Gasteiger charge is -2.06. The number of ether oxygens (including phenoxy) is 1. The third kappa shape index (κ3) is 5.53. The summed E-state index contributed by atoms with van der Waals surface area (Å²) in [5.74, 6) is 7.55. The fourth-order valence-corrected chi connectivity index (χ4v) is 3.55. The second-order valence-electron chi connectivity index (χ2n) is 7.59. The number of hydrogen-bond donors (Lipinski definition) is 0. The van der Waals surface area contributed by atoms with Crippen molar-refractivity contribution < 1.29 is 9.15 Å². The summed E-state index contributed by atoms with van der Waals surface area (Å²) in [6, 6.07) is 26.5. The second-order valence-corrected chi connectivity index (χ2v) is 7.59. The average molecular weight is 408 g/mol. The summed E-state index contributed by atoms with van der Waals surface area (Å²) in [7, 11) is 0. The van der Waals surface area contributed by atoms with Crippen molar-refractivity contribution in [3.63, 3.8) is 0 Å². The first-order chi connectivity index (χ1) is 15.3. The van der Waals surface area contributed by atoms with E-state index in [4.69, 9.17) is 9.15 Å². The molecule has 0 aliphatic rings. The molecule has 0 saturated heterocycles. The van der Waals surface area contributed by atoms with Crippen LogP contribution in [-0.2, 0) is 0 Å². The zero-order valence-corrected chi connectivity index (χ0v) is 17.9. The van der Waals surface area contributed by atoms with Crippen LogP contribution in [0.15, 0.2) is 89.5 Å². The molecular formula is C29H27O2+. The molecule has 2 heteroatoms. The van der Waals surface area contributed by atoms with E-state index < -0.39 is 0 Å². The Kier molecular flexibility index (Phi) is 6.98. The van der Waals surface area contributed by atoms with Crippen molar-refractivity contribution in [2.75, 3.05) is 6.61 Å². The van der Waals surface area contributed by atoms with Crippen LogP contribution >= 0.6 is 0 Å². The van der Waals surface area contributed by atoms with E-state index in [1.165, 1.54) is 19.3 Å². The van der Waals surface area contributed by atoms with E-state index in [9.17, 15) is 0 Å². The summed E-state index contributed by atoms with van der Waals surface area (Å²) in [6.45, 7) is 2.99. The molecule has 0 radical (unpaired) electrons. The average Bonchev–Trinajstić information content (AvgIpc) is 2.83. The molecule has 0 saturated carbocycles. The van der Waals surface area contributed by atoms with E-state index in [0.717, 1.165) is 52.0 Å². The van der Waals surface area contributed by atoms with Gasteiger partial charge in [0.05, 0.1) is 12.0 Å². The number of unbranched alkanes of at least 4 members (excludes halogenated alkanes) is 3. The molecule has 4 aromatic rings. The molecule has 0 N–H and O–H groups in total. The number of hydrogen-bond acceptors (Lipinski definition) is 1. The minimum atomic E-state index is 0.775. The van der Waals surface area contributed by atoms with Crippen molar-refractivity contribution in [2.45, 2.75) is 32.6 Å². The highest BCUT2D eigenvalue weighted by molar-refractivity contribution is 5.84. The zero-order valence-electron chi connectivity index (χ0n) is 17.9. The van der Waals surface area contributed by atoms with Gasteiger partial charge in [0.1, 0.15) is 5.75 Å². The maximum atomic E-state index is 5.83. The van der Waals surface area contributed by atoms with Gasteiger partial charge in [-0.2, -0.15) is 0 Å². The van der Waals surface area contributed by atoms with Crippen molar-refractivity contribution >= 4 is 11.0 Å². The molecule has 0 spiro atoms. The summed E-state index contributed by atoms with van der Waals surface area (Å²) in [5, 5.41) is 1.08. The summed E-state index contributed by atoms with van der Waals surface area (Å²) < 4.78 is 11.4. The predicted molar refractivity (Wildman–Crippen MR) is 128 cm³/mol. The van der Waals surface area contributed by atoms with E-state index >= 15 is 0 Å². The van der Waals surface area contributed by atoms with E-state index in [1.54, 1.807) is 6.26 Å². The Morgan fingerprint density at radius 3 is 2.55 bits per heavy atom. The highest BCUT2D eigenvalue weighted by Crippen LogP contribution is 2.27. The molecule has 3 aromatic carbocycles. The first kappa shape index (κ1) is 20.7. The van der Waals surface area contributed by atoms with Gasteiger partial charge in [-0.05, 0) is 66.1 Å². The predicted octanol–water partition coefficient (Wildman–Crippen LogP) is 7.74. The Morgan fingerprint density at radius 1 is 0.806 bits per heavy atom. The Balaban J connectivity index is 1.49. The first-order valence-electron chi connectivity index (χ1n) is 11.0. The van der Waals surface area contributed by atoms with Gasteiger partial charge in [0, 0.05) is 23.3 Å². The van der Waals surface area contributed by atoms with Crippen LogP contribution in [0.1, 0.15) is 43.7 Å². The third-order valence-corrected chi connectivity index (χ3v) is 5.26. The van der Waals surface area contributed by atoms with Crippen molar-refractivity contribution in [1.29, 1.82) is 0 Å². The molecule has 4 rings (SSSR count). The Hall–Kier alpha value is -3.57. The van der Waals surface area contributed by atoms with Gasteiger partial charge in [-0.25, -0.2) is 4.42 Å². The van der Waals surface area contributed by atoms with Crippen LogP contribution in [0.4, 0.5) is 0 Å². The molecular weight excluding hydrogens is 380 g/mol. The molecule has 154 valence electrons. The fourth-order valence-electron chi connectivity index (χ4n) is 3.55. The molecule has 0 bridgehead atoms. The highest BCUT2D eigenvalue weighted by atomic mass is 16.5. The molecule has 0 aliphatic heterocycles. The summed E-state index contributed by atoms with van der Waals surface area (Å²) in [5.41, 5.74) is 5.11. The summed E-state index contributed by atoms with van der Waals surface area (Å²) >= 11 is 0. The van der Waals surface area contributed by atoms with Crippen molar-refractivity contribution in [3.8, 4) is 28.7 Å². The van der Waals surface area contributed by atoms with Crippen LogP contribution < -0.4 is 4.74 Å². The molecule has 31 heavy (non-hydrogen) atoms. The maximum Gasteiger partial charge on any atom is 0.359 e. The van der Waals surface area contributed by atoms with Gasteiger partial charge < -0.3 is 4.74 Å². The summed E-state index contributed by atoms with van der Waals surface area (Å²) in [4.78, 5) is 0. The van der Waals surface area contributed by atoms with Gasteiger partial charge in [-0.1, -0.05) is 56.2 Å². The van der Waals surface area contributed by atoms with Crippen molar-refractivity contribution in [2.24, 2.45) is 0 Å². The lowest BCUT2D eigenvalue weighted by molar-refractivity contribution is 0.305. The summed E-state index contributed by atoms with van der Waals surface area (Å²) in [6.07, 6.45) is 6.55. The Morgan fingerprint density at radius 2 is 1.68 bits per heavy atom. The Labute approximate surface area is 184 Å². The van der Waals surface area contributed by atoms with Crippen LogP contribution in [-0.4, -0.2) is 6.61 Å². The third-order valence-electron chi connectivity index (χ3n) is 5.26. The second kappa shape index (κ2) is 10.5. The maximum absolute atomic E-state index is 5.83. The molecule has 0 amide bonds. The monoisotopic (exact) mass is 407 g/mol. The van der Waals surface area contributed by atoms with Crippen LogP contribution in [0.5, 0.6) is 5.75 Å². The molecule has 0 atom stereocenters. The number of rotatable bonds is 7. The minimum Gasteiger partial charge on any atom is -0.494 e. The van der Waals surface area contributed by atoms with E-state index in [2.05, 4.69) is 49.1 Å². The number of fused-ring (bicyclic) bond motifs is 1. The molecule has 1 heterocycles. The smallest absolute Gasteiger partial charge is 0.359 e. The van der Waals surface area contributed by atoms with Crippen LogP contribution in [0.25, 0.3) is 22.1 Å². The first-order valence-corrected chi connectivity index (χ1v) is 11.0. The Bertz CT molecular complexity index is 1200. The molecule has 1 aromatic heterocycles.